The molecule has 0 spiro atoms. The molecular formula is C16H18N2O5S2. The maximum atomic E-state index is 12.2. The van der Waals surface area contributed by atoms with Crippen LogP contribution in [0.2, 0.25) is 0 Å². The van der Waals surface area contributed by atoms with Gasteiger partial charge in [0.2, 0.25) is 5.91 Å². The quantitative estimate of drug-likeness (QED) is 0.733. The van der Waals surface area contributed by atoms with Gasteiger partial charge in [0.05, 0.1) is 30.0 Å². The van der Waals surface area contributed by atoms with Gasteiger partial charge >= 0.3 is 5.97 Å². The summed E-state index contributed by atoms with van der Waals surface area (Å²) in [5.74, 6) is -0.763. The lowest BCUT2D eigenvalue weighted by atomic mass is 10.1. The molecule has 134 valence electrons. The van der Waals surface area contributed by atoms with Crippen molar-refractivity contribution in [2.45, 2.75) is 24.7 Å². The summed E-state index contributed by atoms with van der Waals surface area (Å²) >= 11 is 1.19. The maximum Gasteiger partial charge on any atom is 0.311 e. The van der Waals surface area contributed by atoms with E-state index in [1.54, 1.807) is 30.5 Å². The summed E-state index contributed by atoms with van der Waals surface area (Å²) in [7, 11) is -3.41. The van der Waals surface area contributed by atoms with Crippen LogP contribution in [0.5, 0.6) is 0 Å². The number of hydrogen-bond donors (Lipinski definition) is 1. The van der Waals surface area contributed by atoms with Gasteiger partial charge in [-0.1, -0.05) is 18.2 Å². The first-order valence-electron chi connectivity index (χ1n) is 7.47. The van der Waals surface area contributed by atoms with Gasteiger partial charge in [0, 0.05) is 11.6 Å². The number of sulfone groups is 1. The van der Waals surface area contributed by atoms with Gasteiger partial charge in [-0.3, -0.25) is 9.59 Å². The van der Waals surface area contributed by atoms with E-state index in [2.05, 4.69) is 10.3 Å². The molecule has 7 nitrogen and oxygen atoms in total. The summed E-state index contributed by atoms with van der Waals surface area (Å²) in [5, 5.41) is 4.63. The standard InChI is InChI=1S/C16H18N2O5S2/c1-3-23-15(20)9-12-10-24-16(17-12)18-14(19)8-11-6-4-5-7-13(11)25(2,21)22/h4-7,10H,3,8-9H2,1-2H3,(H,17,18,19). The zero-order valence-corrected chi connectivity index (χ0v) is 15.4. The number of rotatable bonds is 7. The van der Waals surface area contributed by atoms with Crippen LogP contribution in [0, 0.1) is 0 Å². The van der Waals surface area contributed by atoms with E-state index in [-0.39, 0.29) is 29.6 Å². The van der Waals surface area contributed by atoms with Crippen molar-refractivity contribution in [3.05, 3.63) is 40.9 Å². The number of carbonyl (C=O) groups excluding carboxylic acids is 2. The van der Waals surface area contributed by atoms with Crippen LogP contribution in [0.15, 0.2) is 34.5 Å². The molecule has 0 atom stereocenters. The van der Waals surface area contributed by atoms with Crippen molar-refractivity contribution >= 4 is 38.2 Å². The number of amides is 1. The predicted molar refractivity (Wildman–Crippen MR) is 94.3 cm³/mol. The van der Waals surface area contributed by atoms with E-state index in [0.29, 0.717) is 23.0 Å². The van der Waals surface area contributed by atoms with Gasteiger partial charge in [-0.2, -0.15) is 0 Å². The van der Waals surface area contributed by atoms with Gasteiger partial charge in [-0.15, -0.1) is 11.3 Å². The van der Waals surface area contributed by atoms with Gasteiger partial charge in [-0.25, -0.2) is 13.4 Å². The van der Waals surface area contributed by atoms with E-state index in [4.69, 9.17) is 4.74 Å². The Bertz CT molecular complexity index is 874. The average Bonchev–Trinajstić information content (AvgIpc) is 2.93. The maximum absolute atomic E-state index is 12.2. The molecule has 0 aliphatic rings. The summed E-state index contributed by atoms with van der Waals surface area (Å²) in [6.07, 6.45) is 1.05. The van der Waals surface area contributed by atoms with Crippen molar-refractivity contribution in [1.82, 2.24) is 4.98 Å². The minimum absolute atomic E-state index is 0.0388. The summed E-state index contributed by atoms with van der Waals surface area (Å²) in [5.41, 5.74) is 0.932. The molecule has 0 radical (unpaired) electrons. The molecular weight excluding hydrogens is 364 g/mol. The molecule has 2 rings (SSSR count). The largest absolute Gasteiger partial charge is 0.466 e. The molecule has 0 fully saturated rings. The molecule has 1 aromatic heterocycles. The first kappa shape index (κ1) is 19.1. The molecule has 0 unspecified atom stereocenters. The van der Waals surface area contributed by atoms with E-state index in [0.717, 1.165) is 6.26 Å². The summed E-state index contributed by atoms with van der Waals surface area (Å²) < 4.78 is 28.4. The van der Waals surface area contributed by atoms with Gasteiger partial charge in [0.15, 0.2) is 15.0 Å². The number of thiazole rings is 1. The van der Waals surface area contributed by atoms with Crippen LogP contribution >= 0.6 is 11.3 Å². The van der Waals surface area contributed by atoms with Gasteiger partial charge < -0.3 is 10.1 Å². The molecule has 0 saturated heterocycles. The third-order valence-corrected chi connectivity index (χ3v) is 5.16. The van der Waals surface area contributed by atoms with Crippen molar-refractivity contribution in [1.29, 1.82) is 0 Å². The smallest absolute Gasteiger partial charge is 0.311 e. The number of hydrogen-bond acceptors (Lipinski definition) is 7. The molecule has 1 N–H and O–H groups in total. The second kappa shape index (κ2) is 8.21. The lowest BCUT2D eigenvalue weighted by Crippen LogP contribution is -2.16. The number of anilines is 1. The lowest BCUT2D eigenvalue weighted by Gasteiger charge is -2.07. The topological polar surface area (TPSA) is 102 Å². The summed E-state index contributed by atoms with van der Waals surface area (Å²) in [6.45, 7) is 2.02. The molecule has 2 aromatic rings. The summed E-state index contributed by atoms with van der Waals surface area (Å²) in [4.78, 5) is 27.9. The number of aromatic nitrogens is 1. The molecule has 25 heavy (non-hydrogen) atoms. The highest BCUT2D eigenvalue weighted by molar-refractivity contribution is 7.90. The Kier molecular flexibility index (Phi) is 6.27. The van der Waals surface area contributed by atoms with Crippen LogP contribution < -0.4 is 5.32 Å². The monoisotopic (exact) mass is 382 g/mol. The lowest BCUT2D eigenvalue weighted by molar-refractivity contribution is -0.142. The van der Waals surface area contributed by atoms with Crippen LogP contribution in [-0.4, -0.2) is 38.1 Å². The number of esters is 1. The normalized spacial score (nSPS) is 11.1. The van der Waals surface area contributed by atoms with Crippen molar-refractivity contribution < 1.29 is 22.7 Å². The van der Waals surface area contributed by atoms with E-state index in [1.165, 1.54) is 17.4 Å². The Balaban J connectivity index is 2.02. The Morgan fingerprint density at radius 2 is 1.96 bits per heavy atom. The van der Waals surface area contributed by atoms with Crippen LogP contribution in [0.25, 0.3) is 0 Å². The SMILES string of the molecule is CCOC(=O)Cc1csc(NC(=O)Cc2ccccc2S(C)(=O)=O)n1. The fourth-order valence-electron chi connectivity index (χ4n) is 2.15. The molecule has 0 saturated carbocycles. The fraction of sp³-hybridized carbons (Fsp3) is 0.312. The third-order valence-electron chi connectivity index (χ3n) is 3.15. The van der Waals surface area contributed by atoms with Gasteiger partial charge in [0.1, 0.15) is 0 Å². The van der Waals surface area contributed by atoms with Crippen molar-refractivity contribution in [2.75, 3.05) is 18.2 Å². The van der Waals surface area contributed by atoms with E-state index < -0.39 is 9.84 Å². The van der Waals surface area contributed by atoms with Crippen LogP contribution in [0.4, 0.5) is 5.13 Å². The average molecular weight is 382 g/mol. The fourth-order valence-corrected chi connectivity index (χ4v) is 3.82. The highest BCUT2D eigenvalue weighted by atomic mass is 32.2. The third kappa shape index (κ3) is 5.64. The minimum atomic E-state index is -3.41. The van der Waals surface area contributed by atoms with E-state index >= 15 is 0 Å². The number of nitrogens with one attached hydrogen (secondary N) is 1. The summed E-state index contributed by atoms with van der Waals surface area (Å²) in [6, 6.07) is 6.36. The number of nitrogens with zero attached hydrogens (tertiary/aromatic N) is 1. The molecule has 1 heterocycles. The minimum Gasteiger partial charge on any atom is -0.466 e. The molecule has 1 aromatic carbocycles. The first-order valence-corrected chi connectivity index (χ1v) is 10.2. The predicted octanol–water partition coefficient (Wildman–Crippen LogP) is 1.83. The second-order valence-corrected chi connectivity index (χ2v) is 8.07. The Hall–Kier alpha value is -2.26. The van der Waals surface area contributed by atoms with Gasteiger partial charge in [-0.05, 0) is 18.6 Å². The van der Waals surface area contributed by atoms with Crippen molar-refractivity contribution in [2.24, 2.45) is 0 Å². The number of carbonyl (C=O) groups is 2. The number of benzene rings is 1. The van der Waals surface area contributed by atoms with E-state index in [9.17, 15) is 18.0 Å². The second-order valence-electron chi connectivity index (χ2n) is 5.23. The van der Waals surface area contributed by atoms with Crippen molar-refractivity contribution in [3.8, 4) is 0 Å². The molecule has 9 heteroatoms. The Labute approximate surface area is 150 Å². The molecule has 0 aliphatic carbocycles. The van der Waals surface area contributed by atoms with Crippen molar-refractivity contribution in [3.63, 3.8) is 0 Å². The highest BCUT2D eigenvalue weighted by Gasteiger charge is 2.16. The first-order chi connectivity index (χ1) is 11.8. The molecule has 1 amide bonds. The highest BCUT2D eigenvalue weighted by Crippen LogP contribution is 2.19. The van der Waals surface area contributed by atoms with Crippen LogP contribution in [-0.2, 0) is 37.0 Å². The molecule has 0 bridgehead atoms. The Morgan fingerprint density at radius 1 is 1.24 bits per heavy atom. The zero-order chi connectivity index (χ0) is 18.4. The zero-order valence-electron chi connectivity index (χ0n) is 13.8. The van der Waals surface area contributed by atoms with Crippen LogP contribution in [0.3, 0.4) is 0 Å². The van der Waals surface area contributed by atoms with Crippen LogP contribution in [0.1, 0.15) is 18.2 Å². The number of ether oxygens (including phenoxy) is 1. The van der Waals surface area contributed by atoms with E-state index in [1.807, 2.05) is 0 Å². The Morgan fingerprint density at radius 3 is 2.64 bits per heavy atom. The van der Waals surface area contributed by atoms with Gasteiger partial charge in [0.25, 0.3) is 0 Å². The molecule has 0 aliphatic heterocycles.